The molecule has 1 unspecified atom stereocenters. The van der Waals surface area contributed by atoms with E-state index in [2.05, 4.69) is 26.0 Å². The number of piperidine rings is 1. The van der Waals surface area contributed by atoms with Gasteiger partial charge in [0.15, 0.2) is 0 Å². The second kappa shape index (κ2) is 7.65. The Morgan fingerprint density at radius 1 is 1.30 bits per heavy atom. The van der Waals surface area contributed by atoms with Gasteiger partial charge in [-0.2, -0.15) is 0 Å². The molecule has 1 fully saturated rings. The second-order valence-electron chi connectivity index (χ2n) is 5.74. The second-order valence-corrected chi connectivity index (χ2v) is 5.74. The van der Waals surface area contributed by atoms with Crippen LogP contribution in [0, 0.1) is 12.8 Å². The molecule has 0 spiro atoms. The molecule has 1 aliphatic rings. The van der Waals surface area contributed by atoms with Crippen molar-refractivity contribution in [3.8, 4) is 0 Å². The fourth-order valence-electron chi connectivity index (χ4n) is 2.67. The summed E-state index contributed by atoms with van der Waals surface area (Å²) in [6, 6.07) is 8.45. The number of hydrogen-bond donors (Lipinski definition) is 1. The zero-order valence-electron chi connectivity index (χ0n) is 12.3. The van der Waals surface area contributed by atoms with Gasteiger partial charge in [0.1, 0.15) is 0 Å². The molecular weight excluding hydrogens is 272 g/mol. The fraction of sp³-hybridized carbons (Fsp3) is 0.562. The summed E-state index contributed by atoms with van der Waals surface area (Å²) in [5.41, 5.74) is 8.26. The van der Waals surface area contributed by atoms with Crippen LogP contribution in [-0.2, 0) is 11.2 Å². The molecule has 0 saturated carbocycles. The molecule has 0 aromatic heterocycles. The Bertz CT molecular complexity index is 423. The van der Waals surface area contributed by atoms with E-state index in [0.717, 1.165) is 31.5 Å². The van der Waals surface area contributed by atoms with Gasteiger partial charge in [0, 0.05) is 19.1 Å². The molecule has 1 saturated heterocycles. The van der Waals surface area contributed by atoms with E-state index in [4.69, 9.17) is 5.73 Å². The SMILES string of the molecule is Cc1ccc(CC(=O)N2CCC(C(C)N)CC2)cc1.Cl. The quantitative estimate of drug-likeness (QED) is 0.932. The van der Waals surface area contributed by atoms with E-state index in [-0.39, 0.29) is 24.4 Å². The van der Waals surface area contributed by atoms with Crippen LogP contribution in [0.2, 0.25) is 0 Å². The summed E-state index contributed by atoms with van der Waals surface area (Å²) >= 11 is 0. The number of carbonyl (C=O) groups is 1. The lowest BCUT2D eigenvalue weighted by Gasteiger charge is -2.33. The van der Waals surface area contributed by atoms with Crippen molar-refractivity contribution in [3.63, 3.8) is 0 Å². The van der Waals surface area contributed by atoms with Crippen LogP contribution in [0.4, 0.5) is 0 Å². The highest BCUT2D eigenvalue weighted by Gasteiger charge is 2.24. The van der Waals surface area contributed by atoms with E-state index >= 15 is 0 Å². The lowest BCUT2D eigenvalue weighted by molar-refractivity contribution is -0.131. The van der Waals surface area contributed by atoms with Crippen molar-refractivity contribution in [1.29, 1.82) is 0 Å². The molecule has 0 bridgehead atoms. The summed E-state index contributed by atoms with van der Waals surface area (Å²) in [6.07, 6.45) is 2.59. The van der Waals surface area contributed by atoms with Crippen LogP contribution < -0.4 is 5.73 Å². The van der Waals surface area contributed by atoms with Crippen LogP contribution in [0.1, 0.15) is 30.9 Å². The number of carbonyl (C=O) groups excluding carboxylic acids is 1. The van der Waals surface area contributed by atoms with E-state index in [1.807, 2.05) is 17.0 Å². The molecule has 0 radical (unpaired) electrons. The predicted octanol–water partition coefficient (Wildman–Crippen LogP) is 2.55. The third-order valence-electron chi connectivity index (χ3n) is 4.11. The van der Waals surface area contributed by atoms with E-state index in [9.17, 15) is 4.79 Å². The number of rotatable bonds is 3. The Kier molecular flexibility index (Phi) is 6.50. The molecule has 112 valence electrons. The van der Waals surface area contributed by atoms with Crippen molar-refractivity contribution in [2.75, 3.05) is 13.1 Å². The van der Waals surface area contributed by atoms with Crippen LogP contribution in [0.5, 0.6) is 0 Å². The number of aryl methyl sites for hydroxylation is 1. The van der Waals surface area contributed by atoms with Crippen molar-refractivity contribution < 1.29 is 4.79 Å². The summed E-state index contributed by atoms with van der Waals surface area (Å²) in [7, 11) is 0. The first-order chi connectivity index (χ1) is 9.06. The number of nitrogens with zero attached hydrogens (tertiary/aromatic N) is 1. The summed E-state index contributed by atoms with van der Waals surface area (Å²) < 4.78 is 0. The summed E-state index contributed by atoms with van der Waals surface area (Å²) in [5, 5.41) is 0. The van der Waals surface area contributed by atoms with Crippen LogP contribution >= 0.6 is 12.4 Å². The van der Waals surface area contributed by atoms with Gasteiger partial charge in [-0.1, -0.05) is 29.8 Å². The van der Waals surface area contributed by atoms with Crippen LogP contribution in [0.25, 0.3) is 0 Å². The third-order valence-corrected chi connectivity index (χ3v) is 4.11. The van der Waals surface area contributed by atoms with Crippen molar-refractivity contribution >= 4 is 18.3 Å². The molecule has 1 amide bonds. The summed E-state index contributed by atoms with van der Waals surface area (Å²) in [5.74, 6) is 0.815. The van der Waals surface area contributed by atoms with Crippen molar-refractivity contribution in [2.24, 2.45) is 11.7 Å². The lowest BCUT2D eigenvalue weighted by Crippen LogP contribution is -2.43. The minimum Gasteiger partial charge on any atom is -0.342 e. The Morgan fingerprint density at radius 3 is 2.35 bits per heavy atom. The number of halogens is 1. The molecule has 20 heavy (non-hydrogen) atoms. The Balaban J connectivity index is 0.00000200. The van der Waals surface area contributed by atoms with E-state index < -0.39 is 0 Å². The third kappa shape index (κ3) is 4.50. The predicted molar refractivity (Wildman–Crippen MR) is 85.1 cm³/mol. The Hall–Kier alpha value is -1.06. The molecule has 1 aliphatic heterocycles. The molecule has 4 heteroatoms. The van der Waals surface area contributed by atoms with Crippen molar-refractivity contribution in [1.82, 2.24) is 4.90 Å². The number of nitrogens with two attached hydrogens (primary N) is 1. The normalized spacial score (nSPS) is 17.4. The van der Waals surface area contributed by atoms with E-state index in [1.54, 1.807) is 0 Å². The van der Waals surface area contributed by atoms with Gasteiger partial charge in [-0.15, -0.1) is 12.4 Å². The average molecular weight is 297 g/mol. The maximum atomic E-state index is 12.2. The zero-order chi connectivity index (χ0) is 13.8. The fourth-order valence-corrected chi connectivity index (χ4v) is 2.67. The van der Waals surface area contributed by atoms with Gasteiger partial charge < -0.3 is 10.6 Å². The average Bonchev–Trinajstić information content (AvgIpc) is 2.41. The topological polar surface area (TPSA) is 46.3 Å². The van der Waals surface area contributed by atoms with Crippen molar-refractivity contribution in [3.05, 3.63) is 35.4 Å². The van der Waals surface area contributed by atoms with Gasteiger partial charge in [-0.3, -0.25) is 4.79 Å². The van der Waals surface area contributed by atoms with E-state index in [1.165, 1.54) is 5.56 Å². The molecule has 0 aliphatic carbocycles. The summed E-state index contributed by atoms with van der Waals surface area (Å²) in [4.78, 5) is 14.2. The number of amides is 1. The number of likely N-dealkylation sites (tertiary alicyclic amines) is 1. The smallest absolute Gasteiger partial charge is 0.226 e. The molecule has 2 N–H and O–H groups in total. The first-order valence-corrected chi connectivity index (χ1v) is 7.15. The molecule has 3 nitrogen and oxygen atoms in total. The van der Waals surface area contributed by atoms with Gasteiger partial charge in [-0.05, 0) is 38.2 Å². The number of hydrogen-bond acceptors (Lipinski definition) is 2. The van der Waals surface area contributed by atoms with Crippen LogP contribution in [0.15, 0.2) is 24.3 Å². The van der Waals surface area contributed by atoms with Crippen molar-refractivity contribution in [2.45, 2.75) is 39.2 Å². The molecule has 1 heterocycles. The molecule has 1 atom stereocenters. The monoisotopic (exact) mass is 296 g/mol. The van der Waals surface area contributed by atoms with Crippen LogP contribution in [0.3, 0.4) is 0 Å². The highest BCUT2D eigenvalue weighted by atomic mass is 35.5. The maximum Gasteiger partial charge on any atom is 0.226 e. The Labute approximate surface area is 127 Å². The maximum absolute atomic E-state index is 12.2. The molecular formula is C16H25ClN2O. The molecule has 2 rings (SSSR count). The van der Waals surface area contributed by atoms with Gasteiger partial charge in [-0.25, -0.2) is 0 Å². The van der Waals surface area contributed by atoms with Gasteiger partial charge >= 0.3 is 0 Å². The Morgan fingerprint density at radius 2 is 1.85 bits per heavy atom. The molecule has 1 aromatic rings. The van der Waals surface area contributed by atoms with E-state index in [0.29, 0.717) is 12.3 Å². The highest BCUT2D eigenvalue weighted by molar-refractivity contribution is 5.85. The van der Waals surface area contributed by atoms with Crippen LogP contribution in [-0.4, -0.2) is 29.9 Å². The minimum absolute atomic E-state index is 0. The first kappa shape index (κ1) is 17.0. The van der Waals surface area contributed by atoms with Gasteiger partial charge in [0.25, 0.3) is 0 Å². The largest absolute Gasteiger partial charge is 0.342 e. The standard InChI is InChI=1S/C16H24N2O.ClH/c1-12-3-5-14(6-4-12)11-16(19)18-9-7-15(8-10-18)13(2)17;/h3-6,13,15H,7-11,17H2,1-2H3;1H. The molecule has 1 aromatic carbocycles. The lowest BCUT2D eigenvalue weighted by atomic mass is 9.91. The first-order valence-electron chi connectivity index (χ1n) is 7.15. The van der Waals surface area contributed by atoms with Gasteiger partial charge in [0.2, 0.25) is 5.91 Å². The zero-order valence-corrected chi connectivity index (χ0v) is 13.2. The summed E-state index contributed by atoms with van der Waals surface area (Å²) in [6.45, 7) is 5.84. The number of benzene rings is 1. The minimum atomic E-state index is 0. The highest BCUT2D eigenvalue weighted by Crippen LogP contribution is 2.20. The van der Waals surface area contributed by atoms with Gasteiger partial charge in [0.05, 0.1) is 6.42 Å².